The van der Waals surface area contributed by atoms with Gasteiger partial charge in [-0.15, -0.1) is 0 Å². The van der Waals surface area contributed by atoms with E-state index in [4.69, 9.17) is 4.74 Å². The van der Waals surface area contributed by atoms with Crippen LogP contribution in [0.2, 0.25) is 0 Å². The Balaban J connectivity index is 2.50. The molecule has 0 bridgehead atoms. The van der Waals surface area contributed by atoms with Crippen molar-refractivity contribution in [1.29, 1.82) is 0 Å². The summed E-state index contributed by atoms with van der Waals surface area (Å²) in [5, 5.41) is 9.59. The lowest BCUT2D eigenvalue weighted by Crippen LogP contribution is -2.30. The summed E-state index contributed by atoms with van der Waals surface area (Å²) in [4.78, 5) is 12.6. The van der Waals surface area contributed by atoms with Gasteiger partial charge in [0.1, 0.15) is 18.5 Å². The first kappa shape index (κ1) is 12.7. The molecule has 0 aromatic heterocycles. The fourth-order valence-electron chi connectivity index (χ4n) is 1.37. The average Bonchev–Trinajstić information content (AvgIpc) is 2.26. The van der Waals surface area contributed by atoms with Crippen LogP contribution in [-0.2, 0) is 0 Å². The van der Waals surface area contributed by atoms with Crippen LogP contribution in [0.15, 0.2) is 24.3 Å². The Bertz CT molecular complexity index is 339. The van der Waals surface area contributed by atoms with E-state index in [0.29, 0.717) is 17.9 Å². The minimum absolute atomic E-state index is 0.184. The maximum absolute atomic E-state index is 10.7. The van der Waals surface area contributed by atoms with Gasteiger partial charge in [0.2, 0.25) is 0 Å². The molecule has 1 unspecified atom stereocenters. The first-order chi connectivity index (χ1) is 7.63. The molecule has 0 saturated heterocycles. The monoisotopic (exact) mass is 223 g/mol. The number of para-hydroxylation sites is 1. The summed E-state index contributed by atoms with van der Waals surface area (Å²) in [6.07, 6.45) is 0.183. The quantitative estimate of drug-likeness (QED) is 0.725. The van der Waals surface area contributed by atoms with Crippen LogP contribution in [-0.4, -0.2) is 49.6 Å². The van der Waals surface area contributed by atoms with Crippen LogP contribution in [0.5, 0.6) is 5.75 Å². The van der Waals surface area contributed by atoms with Crippen molar-refractivity contribution in [3.8, 4) is 5.75 Å². The summed E-state index contributed by atoms with van der Waals surface area (Å²) < 4.78 is 5.38. The van der Waals surface area contributed by atoms with Crippen molar-refractivity contribution in [2.75, 3.05) is 27.2 Å². The Morgan fingerprint density at radius 3 is 2.75 bits per heavy atom. The summed E-state index contributed by atoms with van der Waals surface area (Å²) in [6.45, 7) is 0.715. The molecule has 0 spiro atoms. The van der Waals surface area contributed by atoms with Gasteiger partial charge in [0.25, 0.3) is 0 Å². The third-order valence-corrected chi connectivity index (χ3v) is 2.05. The van der Waals surface area contributed by atoms with Gasteiger partial charge in [-0.25, -0.2) is 0 Å². The van der Waals surface area contributed by atoms with Crippen molar-refractivity contribution >= 4 is 6.29 Å². The van der Waals surface area contributed by atoms with E-state index < -0.39 is 6.10 Å². The van der Waals surface area contributed by atoms with Crippen LogP contribution in [0.1, 0.15) is 10.4 Å². The second-order valence-electron chi connectivity index (χ2n) is 3.88. The molecule has 0 amide bonds. The normalized spacial score (nSPS) is 12.5. The van der Waals surface area contributed by atoms with E-state index in [0.717, 1.165) is 6.29 Å². The summed E-state index contributed by atoms with van der Waals surface area (Å²) in [6, 6.07) is 6.96. The predicted octanol–water partition coefficient (Wildman–Crippen LogP) is 0.800. The maximum Gasteiger partial charge on any atom is 0.153 e. The highest BCUT2D eigenvalue weighted by molar-refractivity contribution is 5.79. The molecule has 1 aromatic rings. The third-order valence-electron chi connectivity index (χ3n) is 2.05. The summed E-state index contributed by atoms with van der Waals surface area (Å²) in [5.74, 6) is 0.510. The molecule has 0 radical (unpaired) electrons. The number of carbonyl (C=O) groups excluding carboxylic acids is 1. The van der Waals surface area contributed by atoms with E-state index in [9.17, 15) is 9.90 Å². The van der Waals surface area contributed by atoms with Gasteiger partial charge < -0.3 is 14.7 Å². The minimum Gasteiger partial charge on any atom is -0.490 e. The van der Waals surface area contributed by atoms with Crippen LogP contribution in [0.3, 0.4) is 0 Å². The highest BCUT2D eigenvalue weighted by Gasteiger charge is 2.08. The minimum atomic E-state index is -0.560. The fourth-order valence-corrected chi connectivity index (χ4v) is 1.37. The predicted molar refractivity (Wildman–Crippen MR) is 61.9 cm³/mol. The number of aliphatic hydroxyl groups excluding tert-OH is 1. The summed E-state index contributed by atoms with van der Waals surface area (Å²) >= 11 is 0. The molecule has 4 heteroatoms. The molecular formula is C12H17NO3. The van der Waals surface area contributed by atoms with Crippen LogP contribution >= 0.6 is 0 Å². The fraction of sp³-hybridized carbons (Fsp3) is 0.417. The lowest BCUT2D eigenvalue weighted by Gasteiger charge is -2.17. The van der Waals surface area contributed by atoms with Crippen LogP contribution < -0.4 is 4.74 Å². The summed E-state index contributed by atoms with van der Waals surface area (Å²) in [7, 11) is 3.76. The Labute approximate surface area is 95.5 Å². The van der Waals surface area contributed by atoms with E-state index >= 15 is 0 Å². The van der Waals surface area contributed by atoms with Gasteiger partial charge in [-0.05, 0) is 26.2 Å². The van der Waals surface area contributed by atoms with Crippen molar-refractivity contribution in [3.63, 3.8) is 0 Å². The van der Waals surface area contributed by atoms with Crippen molar-refractivity contribution in [1.82, 2.24) is 4.90 Å². The van der Waals surface area contributed by atoms with E-state index in [1.165, 1.54) is 0 Å². The van der Waals surface area contributed by atoms with E-state index in [1.807, 2.05) is 19.0 Å². The first-order valence-corrected chi connectivity index (χ1v) is 5.13. The molecule has 0 heterocycles. The number of nitrogens with zero attached hydrogens (tertiary/aromatic N) is 1. The zero-order valence-corrected chi connectivity index (χ0v) is 9.59. The van der Waals surface area contributed by atoms with Gasteiger partial charge in [-0.1, -0.05) is 12.1 Å². The maximum atomic E-state index is 10.7. The zero-order chi connectivity index (χ0) is 12.0. The number of carbonyl (C=O) groups is 1. The number of likely N-dealkylation sites (N-methyl/N-ethyl adjacent to an activating group) is 1. The third kappa shape index (κ3) is 4.00. The van der Waals surface area contributed by atoms with Gasteiger partial charge in [0.15, 0.2) is 6.29 Å². The standard InChI is InChI=1S/C12H17NO3/c1-13(2)7-11(15)9-16-12-6-4-3-5-10(12)8-14/h3-6,8,11,15H,7,9H2,1-2H3. The molecule has 0 aliphatic heterocycles. The highest BCUT2D eigenvalue weighted by atomic mass is 16.5. The Morgan fingerprint density at radius 1 is 1.44 bits per heavy atom. The lowest BCUT2D eigenvalue weighted by atomic mass is 10.2. The second kappa shape index (κ2) is 6.25. The van der Waals surface area contributed by atoms with Gasteiger partial charge >= 0.3 is 0 Å². The Kier molecular flexibility index (Phi) is 4.95. The highest BCUT2D eigenvalue weighted by Crippen LogP contribution is 2.15. The van der Waals surface area contributed by atoms with Crippen molar-refractivity contribution in [2.24, 2.45) is 0 Å². The molecule has 1 atom stereocenters. The number of hydrogen-bond donors (Lipinski definition) is 1. The number of aliphatic hydroxyl groups is 1. The van der Waals surface area contributed by atoms with Crippen LogP contribution in [0.4, 0.5) is 0 Å². The molecule has 88 valence electrons. The van der Waals surface area contributed by atoms with E-state index in [-0.39, 0.29) is 6.61 Å². The zero-order valence-electron chi connectivity index (χ0n) is 9.59. The number of aldehydes is 1. The molecule has 1 rings (SSSR count). The van der Waals surface area contributed by atoms with Crippen molar-refractivity contribution < 1.29 is 14.6 Å². The molecule has 0 aliphatic carbocycles. The molecule has 4 nitrogen and oxygen atoms in total. The van der Waals surface area contributed by atoms with Gasteiger partial charge in [0.05, 0.1) is 5.56 Å². The largest absolute Gasteiger partial charge is 0.490 e. The molecule has 0 fully saturated rings. The lowest BCUT2D eigenvalue weighted by molar-refractivity contribution is 0.0823. The van der Waals surface area contributed by atoms with Crippen molar-refractivity contribution in [2.45, 2.75) is 6.10 Å². The van der Waals surface area contributed by atoms with Crippen LogP contribution in [0.25, 0.3) is 0 Å². The smallest absolute Gasteiger partial charge is 0.153 e. The number of rotatable bonds is 6. The van der Waals surface area contributed by atoms with Gasteiger partial charge in [-0.3, -0.25) is 4.79 Å². The number of benzene rings is 1. The Hall–Kier alpha value is -1.39. The Morgan fingerprint density at radius 2 is 2.12 bits per heavy atom. The molecular weight excluding hydrogens is 206 g/mol. The average molecular weight is 223 g/mol. The van der Waals surface area contributed by atoms with E-state index in [2.05, 4.69) is 0 Å². The molecule has 16 heavy (non-hydrogen) atoms. The summed E-state index contributed by atoms with van der Waals surface area (Å²) in [5.41, 5.74) is 0.500. The topological polar surface area (TPSA) is 49.8 Å². The van der Waals surface area contributed by atoms with Crippen LogP contribution in [0, 0.1) is 0 Å². The molecule has 0 saturated carbocycles. The van der Waals surface area contributed by atoms with Crippen molar-refractivity contribution in [3.05, 3.63) is 29.8 Å². The number of ether oxygens (including phenoxy) is 1. The molecule has 1 N–H and O–H groups in total. The van der Waals surface area contributed by atoms with E-state index in [1.54, 1.807) is 24.3 Å². The second-order valence-corrected chi connectivity index (χ2v) is 3.88. The SMILES string of the molecule is CN(C)CC(O)COc1ccccc1C=O. The number of hydrogen-bond acceptors (Lipinski definition) is 4. The first-order valence-electron chi connectivity index (χ1n) is 5.13. The molecule has 1 aromatic carbocycles. The van der Waals surface area contributed by atoms with Gasteiger partial charge in [0, 0.05) is 6.54 Å². The van der Waals surface area contributed by atoms with Gasteiger partial charge in [-0.2, -0.15) is 0 Å². The molecule has 0 aliphatic rings.